The lowest BCUT2D eigenvalue weighted by atomic mass is 9.87. The average molecular weight is 874 g/mol. The standard InChI is InChI=1S/C57H33F6N3/c58-56(59,60)41-29-40(30-42(33-41)57(61,62)63)43-20-12-24-53(66-49-22-10-8-19-45(49)47-32-38(26-28-51(47)66)36-15-5-2-6-16-36)55(43)54-39(34-64)17-11-23-52(54)65-48-21-9-7-18-44(48)46-31-37(25-27-50(46)65)35-13-3-1-4-14-35/h1-33H. The van der Waals surface area contributed by atoms with E-state index in [9.17, 15) is 31.6 Å². The fourth-order valence-corrected chi connectivity index (χ4v) is 9.51. The van der Waals surface area contributed by atoms with Gasteiger partial charge in [0.25, 0.3) is 0 Å². The third-order valence-corrected chi connectivity index (χ3v) is 12.4. The van der Waals surface area contributed by atoms with E-state index in [1.54, 1.807) is 18.2 Å². The molecule has 0 bridgehead atoms. The minimum absolute atomic E-state index is 0.0759. The van der Waals surface area contributed by atoms with Gasteiger partial charge in [0.2, 0.25) is 0 Å². The van der Waals surface area contributed by atoms with Gasteiger partial charge in [0.05, 0.1) is 56.2 Å². The van der Waals surface area contributed by atoms with Crippen LogP contribution in [0.4, 0.5) is 26.3 Å². The number of aromatic nitrogens is 2. The predicted molar refractivity (Wildman–Crippen MR) is 252 cm³/mol. The first-order valence-electron chi connectivity index (χ1n) is 21.1. The van der Waals surface area contributed by atoms with Crippen LogP contribution in [0.5, 0.6) is 0 Å². The number of benzene rings is 9. The van der Waals surface area contributed by atoms with E-state index in [4.69, 9.17) is 0 Å². The molecule has 9 aromatic carbocycles. The van der Waals surface area contributed by atoms with Crippen LogP contribution in [0.3, 0.4) is 0 Å². The second-order valence-electron chi connectivity index (χ2n) is 16.2. The maximum atomic E-state index is 14.7. The molecule has 3 nitrogen and oxygen atoms in total. The molecule has 2 aromatic heterocycles. The molecule has 2 heterocycles. The van der Waals surface area contributed by atoms with Crippen molar-refractivity contribution in [2.24, 2.45) is 0 Å². The normalized spacial score (nSPS) is 12.1. The van der Waals surface area contributed by atoms with Gasteiger partial charge in [-0.25, -0.2) is 0 Å². The molecule has 0 spiro atoms. The maximum absolute atomic E-state index is 14.7. The van der Waals surface area contributed by atoms with Crippen molar-refractivity contribution in [3.63, 3.8) is 0 Å². The van der Waals surface area contributed by atoms with Gasteiger partial charge in [0.1, 0.15) is 0 Å². The molecule has 11 rings (SSSR count). The Morgan fingerprint density at radius 2 is 0.788 bits per heavy atom. The van der Waals surface area contributed by atoms with Crippen LogP contribution in [0, 0.1) is 11.3 Å². The van der Waals surface area contributed by atoms with Crippen LogP contribution >= 0.6 is 0 Å². The summed E-state index contributed by atoms with van der Waals surface area (Å²) < 4.78 is 92.0. The molecular weight excluding hydrogens is 841 g/mol. The molecular formula is C57H33F6N3. The van der Waals surface area contributed by atoms with E-state index in [0.29, 0.717) is 16.9 Å². The predicted octanol–water partition coefficient (Wildman–Crippen LogP) is 16.5. The van der Waals surface area contributed by atoms with Gasteiger partial charge in [0.15, 0.2) is 0 Å². The van der Waals surface area contributed by atoms with E-state index in [2.05, 4.69) is 18.2 Å². The Morgan fingerprint density at radius 3 is 1.27 bits per heavy atom. The van der Waals surface area contributed by atoms with Gasteiger partial charge in [-0.2, -0.15) is 31.6 Å². The highest BCUT2D eigenvalue weighted by atomic mass is 19.4. The van der Waals surface area contributed by atoms with Crippen LogP contribution < -0.4 is 0 Å². The largest absolute Gasteiger partial charge is 0.416 e. The van der Waals surface area contributed by atoms with Crippen molar-refractivity contribution in [2.75, 3.05) is 0 Å². The Labute approximate surface area is 374 Å². The van der Waals surface area contributed by atoms with E-state index in [1.807, 2.05) is 155 Å². The Kier molecular flexibility index (Phi) is 9.45. The van der Waals surface area contributed by atoms with Crippen molar-refractivity contribution >= 4 is 43.6 Å². The molecule has 66 heavy (non-hydrogen) atoms. The number of rotatable bonds is 6. The summed E-state index contributed by atoms with van der Waals surface area (Å²) in [6.45, 7) is 0. The number of hydrogen-bond donors (Lipinski definition) is 0. The van der Waals surface area contributed by atoms with E-state index in [1.165, 1.54) is 6.07 Å². The highest BCUT2D eigenvalue weighted by Gasteiger charge is 2.38. The first-order valence-corrected chi connectivity index (χ1v) is 21.1. The van der Waals surface area contributed by atoms with Crippen molar-refractivity contribution in [3.05, 3.63) is 217 Å². The molecule has 318 valence electrons. The summed E-state index contributed by atoms with van der Waals surface area (Å²) in [5.41, 5.74) is 5.64. The molecule has 0 aliphatic rings. The van der Waals surface area contributed by atoms with E-state index < -0.39 is 23.5 Å². The van der Waals surface area contributed by atoms with Crippen molar-refractivity contribution in [3.8, 4) is 62.0 Å². The topological polar surface area (TPSA) is 33.6 Å². The Balaban J connectivity index is 1.28. The molecule has 0 saturated heterocycles. The average Bonchev–Trinajstić information content (AvgIpc) is 3.85. The van der Waals surface area contributed by atoms with Gasteiger partial charge in [-0.15, -0.1) is 0 Å². The van der Waals surface area contributed by atoms with Crippen LogP contribution in [0.25, 0.3) is 99.5 Å². The SMILES string of the molecule is N#Cc1cccc(-n2c3ccccc3c3cc(-c4ccccc4)ccc32)c1-c1c(-c2cc(C(F)(F)F)cc(C(F)(F)F)c2)cccc1-n1c2ccccc2c2cc(-c3ccccc3)ccc21. The third-order valence-electron chi connectivity index (χ3n) is 12.4. The first kappa shape index (κ1) is 40.4. The Bertz CT molecular complexity index is 3710. The molecule has 0 amide bonds. The zero-order valence-electron chi connectivity index (χ0n) is 34.7. The number of halogens is 6. The third kappa shape index (κ3) is 6.69. The summed E-state index contributed by atoms with van der Waals surface area (Å²) >= 11 is 0. The minimum atomic E-state index is -5.10. The highest BCUT2D eigenvalue weighted by Crippen LogP contribution is 2.48. The summed E-state index contributed by atoms with van der Waals surface area (Å²) in [5.74, 6) is 0. The first-order chi connectivity index (χ1) is 32.0. The lowest BCUT2D eigenvalue weighted by Crippen LogP contribution is -2.11. The monoisotopic (exact) mass is 873 g/mol. The fraction of sp³-hybridized carbons (Fsp3) is 0.0351. The summed E-state index contributed by atoms with van der Waals surface area (Å²) in [7, 11) is 0. The number of para-hydroxylation sites is 2. The lowest BCUT2D eigenvalue weighted by molar-refractivity contribution is -0.143. The summed E-state index contributed by atoms with van der Waals surface area (Å²) in [4.78, 5) is 0. The molecule has 0 radical (unpaired) electrons. The van der Waals surface area contributed by atoms with Gasteiger partial charge in [-0.05, 0) is 106 Å². The van der Waals surface area contributed by atoms with Gasteiger partial charge in [-0.3, -0.25) is 0 Å². The zero-order valence-corrected chi connectivity index (χ0v) is 34.7. The highest BCUT2D eigenvalue weighted by molar-refractivity contribution is 6.13. The van der Waals surface area contributed by atoms with Crippen molar-refractivity contribution in [1.82, 2.24) is 9.13 Å². The van der Waals surface area contributed by atoms with Gasteiger partial charge in [-0.1, -0.05) is 127 Å². The quantitative estimate of drug-likeness (QED) is 0.153. The molecule has 0 aliphatic heterocycles. The number of fused-ring (bicyclic) bond motifs is 6. The van der Waals surface area contributed by atoms with Crippen LogP contribution in [-0.2, 0) is 12.4 Å². The summed E-state index contributed by atoms with van der Waals surface area (Å²) in [6, 6.07) is 61.9. The molecule has 9 heteroatoms. The number of alkyl halides is 6. The lowest BCUT2D eigenvalue weighted by Gasteiger charge is -2.23. The molecule has 0 atom stereocenters. The molecule has 11 aromatic rings. The molecule has 0 saturated carbocycles. The van der Waals surface area contributed by atoms with E-state index in [-0.39, 0.29) is 28.3 Å². The summed E-state index contributed by atoms with van der Waals surface area (Å²) in [6.07, 6.45) is -10.2. The second-order valence-corrected chi connectivity index (χ2v) is 16.2. The molecule has 0 unspecified atom stereocenters. The minimum Gasteiger partial charge on any atom is -0.309 e. The van der Waals surface area contributed by atoms with Crippen LogP contribution in [0.15, 0.2) is 200 Å². The van der Waals surface area contributed by atoms with Crippen LogP contribution in [0.2, 0.25) is 0 Å². The number of hydrogen-bond acceptors (Lipinski definition) is 1. The Hall–Kier alpha value is -8.35. The molecule has 0 aliphatic carbocycles. The van der Waals surface area contributed by atoms with Crippen LogP contribution in [-0.4, -0.2) is 9.13 Å². The number of nitrogens with zero attached hydrogens (tertiary/aromatic N) is 3. The van der Waals surface area contributed by atoms with Gasteiger partial charge in [0, 0.05) is 32.7 Å². The fourth-order valence-electron chi connectivity index (χ4n) is 9.51. The molecule has 0 N–H and O–H groups in total. The van der Waals surface area contributed by atoms with Crippen molar-refractivity contribution in [1.29, 1.82) is 5.26 Å². The van der Waals surface area contributed by atoms with Gasteiger partial charge < -0.3 is 9.13 Å². The number of nitriles is 1. The van der Waals surface area contributed by atoms with E-state index >= 15 is 0 Å². The summed E-state index contributed by atoms with van der Waals surface area (Å²) in [5, 5.41) is 14.7. The Morgan fingerprint density at radius 1 is 0.348 bits per heavy atom. The second kappa shape index (κ2) is 15.4. The van der Waals surface area contributed by atoms with E-state index in [0.717, 1.165) is 78.0 Å². The van der Waals surface area contributed by atoms with Gasteiger partial charge >= 0.3 is 12.4 Å². The maximum Gasteiger partial charge on any atom is 0.416 e. The smallest absolute Gasteiger partial charge is 0.309 e. The zero-order chi connectivity index (χ0) is 45.3. The van der Waals surface area contributed by atoms with Crippen molar-refractivity contribution < 1.29 is 26.3 Å². The van der Waals surface area contributed by atoms with Crippen molar-refractivity contribution in [2.45, 2.75) is 12.4 Å². The van der Waals surface area contributed by atoms with Crippen LogP contribution in [0.1, 0.15) is 16.7 Å². The molecule has 0 fully saturated rings.